The Morgan fingerprint density at radius 2 is 2.00 bits per heavy atom. The van der Waals surface area contributed by atoms with Crippen molar-refractivity contribution in [2.45, 2.75) is 26.2 Å². The summed E-state index contributed by atoms with van der Waals surface area (Å²) < 4.78 is 0. The van der Waals surface area contributed by atoms with Gasteiger partial charge in [0.25, 0.3) is 0 Å². The van der Waals surface area contributed by atoms with Crippen molar-refractivity contribution < 1.29 is 0 Å². The molecule has 90 valence electrons. The molecule has 4 heteroatoms. The van der Waals surface area contributed by atoms with E-state index in [1.54, 1.807) is 6.92 Å². The zero-order valence-corrected chi connectivity index (χ0v) is 11.0. The number of halogens is 1. The summed E-state index contributed by atoms with van der Waals surface area (Å²) in [6, 6.07) is 7.77. The lowest BCUT2D eigenvalue weighted by molar-refractivity contribution is 0.539. The van der Waals surface area contributed by atoms with Crippen LogP contribution in [0, 0.1) is 11.5 Å². The number of aliphatic imine (C=N–C) groups is 1. The van der Waals surface area contributed by atoms with Crippen molar-refractivity contribution in [2.24, 2.45) is 4.99 Å². The molecule has 3 nitrogen and oxygen atoms in total. The third kappa shape index (κ3) is 4.08. The van der Waals surface area contributed by atoms with E-state index in [-0.39, 0.29) is 5.41 Å². The SMILES string of the molecule is CC(=NCC(C)(C)c1ccc(Cl)cc1)NC#N. The van der Waals surface area contributed by atoms with E-state index < -0.39 is 0 Å². The van der Waals surface area contributed by atoms with Gasteiger partial charge >= 0.3 is 0 Å². The van der Waals surface area contributed by atoms with Gasteiger partial charge in [0.2, 0.25) is 0 Å². The van der Waals surface area contributed by atoms with E-state index in [0.717, 1.165) is 5.02 Å². The van der Waals surface area contributed by atoms with Crippen LogP contribution in [-0.2, 0) is 5.41 Å². The van der Waals surface area contributed by atoms with Crippen molar-refractivity contribution in [1.82, 2.24) is 5.32 Å². The van der Waals surface area contributed by atoms with Crippen molar-refractivity contribution in [2.75, 3.05) is 6.54 Å². The summed E-state index contributed by atoms with van der Waals surface area (Å²) in [6.07, 6.45) is 1.85. The van der Waals surface area contributed by atoms with Crippen LogP contribution >= 0.6 is 11.6 Å². The molecule has 1 N–H and O–H groups in total. The highest BCUT2D eigenvalue weighted by atomic mass is 35.5. The Hall–Kier alpha value is -1.53. The van der Waals surface area contributed by atoms with E-state index in [1.165, 1.54) is 5.56 Å². The Kier molecular flexibility index (Phi) is 4.53. The van der Waals surface area contributed by atoms with Gasteiger partial charge in [-0.1, -0.05) is 37.6 Å². The first-order chi connectivity index (χ1) is 7.95. The molecule has 0 atom stereocenters. The lowest BCUT2D eigenvalue weighted by Gasteiger charge is -2.23. The van der Waals surface area contributed by atoms with Gasteiger partial charge in [0.1, 0.15) is 5.84 Å². The number of nitriles is 1. The molecule has 0 bridgehead atoms. The number of amidine groups is 1. The van der Waals surface area contributed by atoms with Crippen LogP contribution in [0.25, 0.3) is 0 Å². The topological polar surface area (TPSA) is 48.2 Å². The molecule has 0 aliphatic heterocycles. The molecule has 1 aromatic carbocycles. The van der Waals surface area contributed by atoms with E-state index in [0.29, 0.717) is 12.4 Å². The Morgan fingerprint density at radius 3 is 2.53 bits per heavy atom. The minimum absolute atomic E-state index is 0.0804. The van der Waals surface area contributed by atoms with Crippen LogP contribution in [0.1, 0.15) is 26.3 Å². The second-order valence-electron chi connectivity index (χ2n) is 4.53. The second-order valence-corrected chi connectivity index (χ2v) is 4.97. The summed E-state index contributed by atoms with van der Waals surface area (Å²) in [5.41, 5.74) is 1.10. The Bertz CT molecular complexity index is 441. The molecule has 0 unspecified atom stereocenters. The number of nitrogens with one attached hydrogen (secondary N) is 1. The fourth-order valence-electron chi connectivity index (χ4n) is 1.43. The van der Waals surface area contributed by atoms with Crippen LogP contribution in [0.2, 0.25) is 5.02 Å². The van der Waals surface area contributed by atoms with Gasteiger partial charge < -0.3 is 0 Å². The minimum atomic E-state index is -0.0804. The first kappa shape index (κ1) is 13.5. The van der Waals surface area contributed by atoms with Gasteiger partial charge in [-0.3, -0.25) is 10.3 Å². The third-order valence-electron chi connectivity index (χ3n) is 2.57. The minimum Gasteiger partial charge on any atom is -0.281 e. The number of hydrogen-bond acceptors (Lipinski definition) is 2. The maximum atomic E-state index is 8.46. The molecule has 0 aromatic heterocycles. The summed E-state index contributed by atoms with van der Waals surface area (Å²) in [5, 5.41) is 11.7. The molecule has 0 aliphatic rings. The summed E-state index contributed by atoms with van der Waals surface area (Å²) in [5.74, 6) is 0.634. The molecule has 1 aromatic rings. The van der Waals surface area contributed by atoms with Crippen molar-refractivity contribution in [3.63, 3.8) is 0 Å². The Morgan fingerprint density at radius 1 is 1.41 bits per heavy atom. The summed E-state index contributed by atoms with van der Waals surface area (Å²) in [4.78, 5) is 4.33. The van der Waals surface area contributed by atoms with Gasteiger partial charge in [0.15, 0.2) is 6.19 Å². The van der Waals surface area contributed by atoms with Crippen molar-refractivity contribution in [3.05, 3.63) is 34.9 Å². The van der Waals surface area contributed by atoms with E-state index in [4.69, 9.17) is 16.9 Å². The van der Waals surface area contributed by atoms with Gasteiger partial charge in [0.05, 0.1) is 6.54 Å². The third-order valence-corrected chi connectivity index (χ3v) is 2.83. The van der Waals surface area contributed by atoms with Crippen molar-refractivity contribution in [3.8, 4) is 6.19 Å². The van der Waals surface area contributed by atoms with Gasteiger partial charge in [-0.15, -0.1) is 0 Å². The summed E-state index contributed by atoms with van der Waals surface area (Å²) >= 11 is 5.86. The summed E-state index contributed by atoms with van der Waals surface area (Å²) in [6.45, 7) is 6.62. The van der Waals surface area contributed by atoms with E-state index in [9.17, 15) is 0 Å². The monoisotopic (exact) mass is 249 g/mol. The van der Waals surface area contributed by atoms with Crippen molar-refractivity contribution >= 4 is 17.4 Å². The Labute approximate surface area is 107 Å². The zero-order chi connectivity index (χ0) is 12.9. The molecule has 0 saturated carbocycles. The van der Waals surface area contributed by atoms with Gasteiger partial charge in [-0.2, -0.15) is 5.26 Å². The number of rotatable bonds is 3. The summed E-state index contributed by atoms with van der Waals surface area (Å²) in [7, 11) is 0. The molecule has 0 heterocycles. The second kappa shape index (κ2) is 5.70. The number of nitrogens with zero attached hydrogens (tertiary/aromatic N) is 2. The van der Waals surface area contributed by atoms with Crippen LogP contribution in [0.5, 0.6) is 0 Å². The zero-order valence-electron chi connectivity index (χ0n) is 10.3. The predicted octanol–water partition coefficient (Wildman–Crippen LogP) is 3.11. The first-order valence-electron chi connectivity index (χ1n) is 5.38. The fourth-order valence-corrected chi connectivity index (χ4v) is 1.56. The maximum Gasteiger partial charge on any atom is 0.182 e. The lowest BCUT2D eigenvalue weighted by atomic mass is 9.85. The average Bonchev–Trinajstić information content (AvgIpc) is 2.28. The molecule has 0 saturated heterocycles. The number of hydrogen-bond donors (Lipinski definition) is 1. The number of benzene rings is 1. The van der Waals surface area contributed by atoms with Crippen LogP contribution in [0.15, 0.2) is 29.3 Å². The molecular weight excluding hydrogens is 234 g/mol. The van der Waals surface area contributed by atoms with Gasteiger partial charge in [-0.25, -0.2) is 0 Å². The highest BCUT2D eigenvalue weighted by Gasteiger charge is 2.19. The van der Waals surface area contributed by atoms with E-state index >= 15 is 0 Å². The molecule has 0 fully saturated rings. The van der Waals surface area contributed by atoms with Gasteiger partial charge in [-0.05, 0) is 24.6 Å². The predicted molar refractivity (Wildman–Crippen MR) is 71.2 cm³/mol. The van der Waals surface area contributed by atoms with Crippen LogP contribution in [0.4, 0.5) is 0 Å². The van der Waals surface area contributed by atoms with Gasteiger partial charge in [0, 0.05) is 10.4 Å². The average molecular weight is 250 g/mol. The standard InChI is InChI=1S/C13H16ClN3/c1-10(17-9-15)16-8-13(2,3)11-4-6-12(14)7-5-11/h4-7H,8H2,1-3H3,(H,16,17). The molecule has 17 heavy (non-hydrogen) atoms. The molecule has 0 aliphatic carbocycles. The highest BCUT2D eigenvalue weighted by molar-refractivity contribution is 6.30. The largest absolute Gasteiger partial charge is 0.281 e. The molecule has 0 spiro atoms. The fraction of sp³-hybridized carbons (Fsp3) is 0.385. The maximum absolute atomic E-state index is 8.46. The van der Waals surface area contributed by atoms with Crippen LogP contribution < -0.4 is 5.32 Å². The Balaban J connectivity index is 2.78. The lowest BCUT2D eigenvalue weighted by Crippen LogP contribution is -2.24. The van der Waals surface area contributed by atoms with Crippen molar-refractivity contribution in [1.29, 1.82) is 5.26 Å². The normalized spacial score (nSPS) is 12.1. The quantitative estimate of drug-likeness (QED) is 0.387. The van der Waals surface area contributed by atoms with E-state index in [2.05, 4.69) is 24.2 Å². The highest BCUT2D eigenvalue weighted by Crippen LogP contribution is 2.24. The smallest absolute Gasteiger partial charge is 0.182 e. The molecule has 0 amide bonds. The molecular formula is C13H16ClN3. The first-order valence-corrected chi connectivity index (χ1v) is 5.76. The molecule has 0 radical (unpaired) electrons. The van der Waals surface area contributed by atoms with E-state index in [1.807, 2.05) is 30.5 Å². The molecule has 1 rings (SSSR count). The van der Waals surface area contributed by atoms with Crippen LogP contribution in [0.3, 0.4) is 0 Å². The van der Waals surface area contributed by atoms with Crippen LogP contribution in [-0.4, -0.2) is 12.4 Å².